The number of likely N-dealkylation sites (N-methyl/N-ethyl adjacent to an activating group) is 1. The van der Waals surface area contributed by atoms with E-state index in [-0.39, 0.29) is 23.3 Å². The maximum atomic E-state index is 12.8. The summed E-state index contributed by atoms with van der Waals surface area (Å²) in [5, 5.41) is 13.2. The molecule has 2 aromatic heterocycles. The molecule has 1 saturated heterocycles. The van der Waals surface area contributed by atoms with Crippen LogP contribution in [0.4, 0.5) is 13.2 Å². The molecule has 2 atom stereocenters. The second-order valence-electron chi connectivity index (χ2n) is 10.4. The Bertz CT molecular complexity index is 1210. The van der Waals surface area contributed by atoms with Gasteiger partial charge in [-0.3, -0.25) is 15.1 Å². The number of aromatic carboxylic acids is 1. The number of hydrogen-bond donors (Lipinski definition) is 2. The lowest BCUT2D eigenvalue weighted by atomic mass is 9.97. The number of carbonyl (C=O) groups is 1. The maximum absolute atomic E-state index is 12.8. The number of carboxylic acid groups (broad SMARTS) is 1. The molecule has 7 nitrogen and oxygen atoms in total. The standard InChI is InChI=1S/C27H36F3N5O2/c1-18(2)35-16-20(6-8-26(35,4)31-5)22-7-9-34-23(14-21(25(36)37)15-24(22)34)19(3)33-12-10-32(11-13-33)17-27(28,29)30/h6-9,14-16,18-19,31H,10-13,17H2,1-5H3,(H,36,37). The first kappa shape index (κ1) is 27.2. The van der Waals surface area contributed by atoms with Crippen LogP contribution in [0.1, 0.15) is 55.4 Å². The molecule has 37 heavy (non-hydrogen) atoms. The minimum absolute atomic E-state index is 0.175. The third-order valence-electron chi connectivity index (χ3n) is 7.61. The van der Waals surface area contributed by atoms with E-state index in [1.54, 1.807) is 12.1 Å². The van der Waals surface area contributed by atoms with Crippen LogP contribution in [0.5, 0.6) is 0 Å². The molecule has 4 rings (SSSR count). The molecule has 2 unspecified atom stereocenters. The van der Waals surface area contributed by atoms with Crippen molar-refractivity contribution < 1.29 is 23.1 Å². The lowest BCUT2D eigenvalue weighted by molar-refractivity contribution is -0.149. The molecule has 0 aromatic carbocycles. The topological polar surface area (TPSA) is 63.5 Å². The molecule has 2 aliphatic heterocycles. The van der Waals surface area contributed by atoms with Gasteiger partial charge in [-0.1, -0.05) is 6.08 Å². The first-order valence-corrected chi connectivity index (χ1v) is 12.6. The summed E-state index contributed by atoms with van der Waals surface area (Å²) >= 11 is 0. The lowest BCUT2D eigenvalue weighted by Gasteiger charge is -2.44. The number of allylic oxidation sites excluding steroid dienone is 2. The van der Waals surface area contributed by atoms with Crippen molar-refractivity contribution in [2.45, 2.75) is 51.6 Å². The number of hydrogen-bond acceptors (Lipinski definition) is 5. The number of carboxylic acids is 1. The Kier molecular flexibility index (Phi) is 7.47. The fraction of sp³-hybridized carbons (Fsp3) is 0.519. The maximum Gasteiger partial charge on any atom is 0.401 e. The van der Waals surface area contributed by atoms with Crippen molar-refractivity contribution in [3.8, 4) is 0 Å². The van der Waals surface area contributed by atoms with Gasteiger partial charge >= 0.3 is 12.1 Å². The Morgan fingerprint density at radius 2 is 1.84 bits per heavy atom. The first-order valence-electron chi connectivity index (χ1n) is 12.6. The van der Waals surface area contributed by atoms with Crippen molar-refractivity contribution in [1.82, 2.24) is 24.4 Å². The minimum atomic E-state index is -4.21. The summed E-state index contributed by atoms with van der Waals surface area (Å²) < 4.78 is 40.4. The van der Waals surface area contributed by atoms with E-state index in [1.807, 2.05) is 30.6 Å². The molecule has 1 fully saturated rings. The Morgan fingerprint density at radius 3 is 2.41 bits per heavy atom. The predicted octanol–water partition coefficient (Wildman–Crippen LogP) is 4.44. The zero-order valence-electron chi connectivity index (χ0n) is 22.0. The molecule has 202 valence electrons. The van der Waals surface area contributed by atoms with Gasteiger partial charge in [0.05, 0.1) is 17.6 Å². The van der Waals surface area contributed by atoms with Crippen LogP contribution in [-0.2, 0) is 0 Å². The molecule has 10 heteroatoms. The predicted molar refractivity (Wildman–Crippen MR) is 138 cm³/mol. The van der Waals surface area contributed by atoms with Crippen LogP contribution < -0.4 is 5.32 Å². The Hall–Kier alpha value is -2.82. The number of rotatable bonds is 7. The summed E-state index contributed by atoms with van der Waals surface area (Å²) in [5.74, 6) is -1.02. The fourth-order valence-electron chi connectivity index (χ4n) is 5.40. The highest BCUT2D eigenvalue weighted by molar-refractivity contribution is 5.92. The van der Waals surface area contributed by atoms with Gasteiger partial charge in [0.1, 0.15) is 5.66 Å². The van der Waals surface area contributed by atoms with Gasteiger partial charge in [0.15, 0.2) is 0 Å². The molecule has 0 amide bonds. The van der Waals surface area contributed by atoms with Crippen LogP contribution in [0.25, 0.3) is 11.1 Å². The smallest absolute Gasteiger partial charge is 0.401 e. The lowest BCUT2D eigenvalue weighted by Crippen LogP contribution is -2.55. The van der Waals surface area contributed by atoms with Gasteiger partial charge in [-0.25, -0.2) is 4.79 Å². The van der Waals surface area contributed by atoms with Gasteiger partial charge in [0.25, 0.3) is 0 Å². The summed E-state index contributed by atoms with van der Waals surface area (Å²) in [5.41, 5.74) is 3.33. The van der Waals surface area contributed by atoms with E-state index in [2.05, 4.69) is 54.2 Å². The largest absolute Gasteiger partial charge is 0.478 e. The summed E-state index contributed by atoms with van der Waals surface area (Å²) in [6, 6.07) is 5.42. The average Bonchev–Trinajstić information content (AvgIpc) is 3.26. The highest BCUT2D eigenvalue weighted by Gasteiger charge is 2.34. The van der Waals surface area contributed by atoms with Crippen molar-refractivity contribution in [3.05, 3.63) is 59.6 Å². The number of alkyl halides is 3. The van der Waals surface area contributed by atoms with Crippen molar-refractivity contribution in [3.63, 3.8) is 0 Å². The van der Waals surface area contributed by atoms with E-state index in [0.29, 0.717) is 26.2 Å². The third-order valence-corrected chi connectivity index (χ3v) is 7.61. The highest BCUT2D eigenvalue weighted by Crippen LogP contribution is 2.34. The van der Waals surface area contributed by atoms with Gasteiger partial charge < -0.3 is 14.4 Å². The van der Waals surface area contributed by atoms with Crippen molar-refractivity contribution in [1.29, 1.82) is 0 Å². The van der Waals surface area contributed by atoms with E-state index in [4.69, 9.17) is 0 Å². The Morgan fingerprint density at radius 1 is 1.16 bits per heavy atom. The number of nitrogens with one attached hydrogen (secondary N) is 1. The van der Waals surface area contributed by atoms with Gasteiger partial charge in [0, 0.05) is 61.9 Å². The SMILES string of the molecule is CNC1(C)C=CC(c2ccn3c(C(C)N4CCN(CC(F)(F)F)CC4)cc(C(=O)O)cc23)=CN1C(C)C. The van der Waals surface area contributed by atoms with Crippen molar-refractivity contribution >= 4 is 17.1 Å². The second kappa shape index (κ2) is 10.2. The number of nitrogens with zero attached hydrogens (tertiary/aromatic N) is 4. The molecule has 0 bridgehead atoms. The molecular formula is C27H36F3N5O2. The highest BCUT2D eigenvalue weighted by atomic mass is 19.4. The third kappa shape index (κ3) is 5.56. The summed E-state index contributed by atoms with van der Waals surface area (Å²) in [6.07, 6.45) is 4.00. The van der Waals surface area contributed by atoms with Crippen molar-refractivity contribution in [2.75, 3.05) is 39.8 Å². The molecular weight excluding hydrogens is 483 g/mol. The van der Waals surface area contributed by atoms with Crippen LogP contribution in [0, 0.1) is 0 Å². The van der Waals surface area contributed by atoms with Gasteiger partial charge in [-0.05, 0) is 64.6 Å². The van der Waals surface area contributed by atoms with Crippen LogP contribution in [0.3, 0.4) is 0 Å². The van der Waals surface area contributed by atoms with Crippen LogP contribution in [-0.4, -0.2) is 87.8 Å². The fourth-order valence-corrected chi connectivity index (χ4v) is 5.40. The Balaban J connectivity index is 1.69. The van der Waals surface area contributed by atoms with Crippen LogP contribution >= 0.6 is 0 Å². The van der Waals surface area contributed by atoms with E-state index in [9.17, 15) is 23.1 Å². The number of fused-ring (bicyclic) bond motifs is 1. The molecule has 4 heterocycles. The summed E-state index contributed by atoms with van der Waals surface area (Å²) in [7, 11) is 1.92. The van der Waals surface area contributed by atoms with E-state index >= 15 is 0 Å². The first-order chi connectivity index (χ1) is 17.3. The number of piperazine rings is 1. The molecule has 0 spiro atoms. The molecule has 0 aliphatic carbocycles. The van der Waals surface area contributed by atoms with Gasteiger partial charge in [0.2, 0.25) is 0 Å². The van der Waals surface area contributed by atoms with Crippen molar-refractivity contribution in [2.24, 2.45) is 0 Å². The normalized spacial score (nSPS) is 22.6. The van der Waals surface area contributed by atoms with E-state index in [1.165, 1.54) is 4.90 Å². The average molecular weight is 520 g/mol. The zero-order valence-corrected chi connectivity index (χ0v) is 22.0. The van der Waals surface area contributed by atoms with E-state index in [0.717, 1.165) is 22.3 Å². The van der Waals surface area contributed by atoms with E-state index < -0.39 is 18.7 Å². The summed E-state index contributed by atoms with van der Waals surface area (Å²) in [6.45, 7) is 9.01. The second-order valence-corrected chi connectivity index (χ2v) is 10.4. The van der Waals surface area contributed by atoms with Gasteiger partial charge in [-0.2, -0.15) is 13.2 Å². The molecule has 2 aromatic rings. The number of pyridine rings is 1. The Labute approximate surface area is 215 Å². The number of halogens is 3. The van der Waals surface area contributed by atoms with Crippen LogP contribution in [0.2, 0.25) is 0 Å². The minimum Gasteiger partial charge on any atom is -0.478 e. The monoisotopic (exact) mass is 519 g/mol. The molecule has 2 N–H and O–H groups in total. The quantitative estimate of drug-likeness (QED) is 0.564. The van der Waals surface area contributed by atoms with Crippen LogP contribution in [0.15, 0.2) is 42.7 Å². The molecule has 0 radical (unpaired) electrons. The van der Waals surface area contributed by atoms with Gasteiger partial charge in [-0.15, -0.1) is 0 Å². The number of aromatic nitrogens is 1. The summed E-state index contributed by atoms with van der Waals surface area (Å²) in [4.78, 5) is 17.8. The molecule has 0 saturated carbocycles. The molecule has 2 aliphatic rings. The zero-order chi connectivity index (χ0) is 27.1.